The second-order valence-electron chi connectivity index (χ2n) is 15.5. The molecular formula is C50H78F2N4. The molecule has 312 valence electrons. The number of unbranched alkanes of at least 4 members (excludes halogenated alkanes) is 2. The van der Waals surface area contributed by atoms with Crippen molar-refractivity contribution in [3.05, 3.63) is 131 Å². The minimum atomic E-state index is -0.764. The van der Waals surface area contributed by atoms with Gasteiger partial charge in [0.2, 0.25) is 0 Å². The monoisotopic (exact) mass is 773 g/mol. The Kier molecular flexibility index (Phi) is 28.9. The Balaban J connectivity index is 0. The molecule has 2 rings (SSSR count). The molecule has 1 aromatic rings. The van der Waals surface area contributed by atoms with E-state index in [0.717, 1.165) is 22.4 Å². The van der Waals surface area contributed by atoms with Gasteiger partial charge in [-0.3, -0.25) is 4.99 Å². The highest BCUT2D eigenvalue weighted by Gasteiger charge is 2.16. The van der Waals surface area contributed by atoms with E-state index in [1.165, 1.54) is 36.5 Å². The standard InChI is InChI=1S/C36H47FN4.C7H13F.C5H12.C2H6/c1-11-28(14-13-23-37)32-22-16-27(24-39-32)25-40-34(29-17-20-31(21-18-29)36(7,8)9)41-33(38-10)26(3)15-19-30(12-2)35(4,5)6;1-4-5-7(8)6(2)3;1-3-5-4-2;1-2/h11-22,39H,3,10,23-25H2,1-2,4-9H3;4-7H,1-3H3;3-5H2,1-2H3;1-2H3/b14-13-,19-15-,28-11+,30-12+,40-34?,41-33?;;;/t;7-;;/m.1../s1. The molecule has 1 heterocycles. The second kappa shape index (κ2) is 30.0. The molecule has 1 aromatic carbocycles. The summed E-state index contributed by atoms with van der Waals surface area (Å²) >= 11 is 0. The number of benzene rings is 1. The first-order valence-electron chi connectivity index (χ1n) is 20.5. The number of dihydropyridines is 1. The van der Waals surface area contributed by atoms with Crippen LogP contribution in [0, 0.1) is 11.3 Å². The molecule has 0 fully saturated rings. The Hall–Kier alpha value is -4.19. The van der Waals surface area contributed by atoms with Crippen LogP contribution in [0.3, 0.4) is 0 Å². The van der Waals surface area contributed by atoms with Crippen LogP contribution in [0.2, 0.25) is 0 Å². The predicted octanol–water partition coefficient (Wildman–Crippen LogP) is 14.6. The highest BCUT2D eigenvalue weighted by molar-refractivity contribution is 6.13. The maximum Gasteiger partial charge on any atom is 0.160 e. The topological polar surface area (TPSA) is 49.1 Å². The summed E-state index contributed by atoms with van der Waals surface area (Å²) in [5.74, 6) is 1.12. The third kappa shape index (κ3) is 22.4. The van der Waals surface area contributed by atoms with Gasteiger partial charge < -0.3 is 5.32 Å². The van der Waals surface area contributed by atoms with Crippen LogP contribution in [0.25, 0.3) is 0 Å². The molecule has 0 radical (unpaired) electrons. The van der Waals surface area contributed by atoms with Crippen LogP contribution in [0.4, 0.5) is 8.78 Å². The number of hydrogen-bond acceptors (Lipinski definition) is 2. The van der Waals surface area contributed by atoms with Crippen molar-refractivity contribution < 1.29 is 8.78 Å². The Labute approximate surface area is 343 Å². The zero-order chi connectivity index (χ0) is 43.3. The van der Waals surface area contributed by atoms with Crippen LogP contribution in [0.1, 0.15) is 134 Å². The Bertz CT molecular complexity index is 1560. The van der Waals surface area contributed by atoms with Gasteiger partial charge in [-0.15, -0.1) is 0 Å². The first-order chi connectivity index (χ1) is 26.4. The van der Waals surface area contributed by atoms with Crippen molar-refractivity contribution in [2.24, 2.45) is 26.3 Å². The van der Waals surface area contributed by atoms with Crippen molar-refractivity contribution in [3.63, 3.8) is 0 Å². The van der Waals surface area contributed by atoms with Gasteiger partial charge in [0.15, 0.2) is 11.7 Å². The summed E-state index contributed by atoms with van der Waals surface area (Å²) in [5, 5.41) is 3.42. The fraction of sp³-hybridized carbons (Fsp3) is 0.500. The highest BCUT2D eigenvalue weighted by atomic mass is 19.1. The summed E-state index contributed by atoms with van der Waals surface area (Å²) in [4.78, 5) is 14.0. The van der Waals surface area contributed by atoms with E-state index in [9.17, 15) is 8.78 Å². The molecule has 0 spiro atoms. The first-order valence-corrected chi connectivity index (χ1v) is 20.5. The van der Waals surface area contributed by atoms with Crippen LogP contribution in [0.15, 0.2) is 135 Å². The molecule has 0 unspecified atom stereocenters. The number of aliphatic imine (C=N–C) groups is 3. The summed E-state index contributed by atoms with van der Waals surface area (Å²) in [6.45, 7) is 39.7. The number of nitrogens with one attached hydrogen (secondary N) is 1. The van der Waals surface area contributed by atoms with Crippen molar-refractivity contribution in [2.45, 2.75) is 135 Å². The van der Waals surface area contributed by atoms with Gasteiger partial charge in [0.25, 0.3) is 0 Å². The number of rotatable bonds is 13. The Morgan fingerprint density at radius 3 is 1.89 bits per heavy atom. The normalized spacial score (nSPS) is 14.9. The highest BCUT2D eigenvalue weighted by Crippen LogP contribution is 2.27. The average Bonchev–Trinajstić information content (AvgIpc) is 3.16. The number of nitrogens with zero attached hydrogens (tertiary/aromatic N) is 3. The molecule has 1 atom stereocenters. The van der Waals surface area contributed by atoms with Gasteiger partial charge in [0.05, 0.1) is 6.54 Å². The molecule has 1 aliphatic rings. The maximum atomic E-state index is 12.6. The van der Waals surface area contributed by atoms with Gasteiger partial charge in [0.1, 0.15) is 12.8 Å². The molecule has 0 aromatic heterocycles. The van der Waals surface area contributed by atoms with Gasteiger partial charge >= 0.3 is 0 Å². The molecule has 0 bridgehead atoms. The number of alkyl halides is 2. The minimum absolute atomic E-state index is 0.0130. The molecule has 0 aliphatic carbocycles. The molecule has 0 amide bonds. The number of hydrogen-bond donors (Lipinski definition) is 1. The van der Waals surface area contributed by atoms with E-state index in [4.69, 9.17) is 9.98 Å². The maximum absolute atomic E-state index is 12.6. The zero-order valence-electron chi connectivity index (χ0n) is 38.0. The van der Waals surface area contributed by atoms with Crippen molar-refractivity contribution >= 4 is 18.4 Å². The number of halogens is 2. The summed E-state index contributed by atoms with van der Waals surface area (Å²) in [5.41, 5.74) is 7.05. The van der Waals surface area contributed by atoms with Crippen LogP contribution in [0.5, 0.6) is 0 Å². The van der Waals surface area contributed by atoms with E-state index in [1.807, 2.05) is 66.7 Å². The fourth-order valence-electron chi connectivity index (χ4n) is 4.95. The van der Waals surface area contributed by atoms with E-state index < -0.39 is 12.8 Å². The lowest BCUT2D eigenvalue weighted by atomic mass is 9.86. The number of allylic oxidation sites excluding steroid dienone is 10. The molecule has 4 nitrogen and oxygen atoms in total. The largest absolute Gasteiger partial charge is 0.381 e. The lowest BCUT2D eigenvalue weighted by Gasteiger charge is -2.20. The molecule has 1 aliphatic heterocycles. The molecular weight excluding hydrogens is 695 g/mol. The van der Waals surface area contributed by atoms with Crippen molar-refractivity contribution in [3.8, 4) is 0 Å². The van der Waals surface area contributed by atoms with Crippen LogP contribution < -0.4 is 5.32 Å². The van der Waals surface area contributed by atoms with Gasteiger partial charge in [-0.05, 0) is 72.6 Å². The Morgan fingerprint density at radius 1 is 0.911 bits per heavy atom. The SMILES string of the molecule is C=NC(=NC(=NCC1=CC=C(C(/C=C\CF)=C/C)NC1)c1ccc(C(C)(C)C)cc1)C(=C)/C=C\C(=C/C)C(C)(C)C.CC.CC=C[C@@H](F)C(C)C.CCCCC. The third-order valence-electron chi connectivity index (χ3n) is 8.45. The molecule has 1 N–H and O–H groups in total. The van der Waals surface area contributed by atoms with Crippen molar-refractivity contribution in [2.75, 3.05) is 19.8 Å². The molecule has 6 heteroatoms. The van der Waals surface area contributed by atoms with Gasteiger partial charge in [-0.1, -0.05) is 188 Å². The quantitative estimate of drug-likeness (QED) is 0.0923. The predicted molar refractivity (Wildman–Crippen MR) is 249 cm³/mol. The van der Waals surface area contributed by atoms with E-state index in [2.05, 4.69) is 121 Å². The van der Waals surface area contributed by atoms with Gasteiger partial charge in [-0.2, -0.15) is 0 Å². The van der Waals surface area contributed by atoms with E-state index in [0.29, 0.717) is 30.3 Å². The number of amidine groups is 2. The first kappa shape index (κ1) is 53.9. The minimum Gasteiger partial charge on any atom is -0.381 e. The average molecular weight is 773 g/mol. The summed E-state index contributed by atoms with van der Waals surface area (Å²) in [6.07, 6.45) is 22.0. The molecule has 56 heavy (non-hydrogen) atoms. The van der Waals surface area contributed by atoms with E-state index >= 15 is 0 Å². The lowest BCUT2D eigenvalue weighted by molar-refractivity contribution is 0.314. The van der Waals surface area contributed by atoms with Crippen molar-refractivity contribution in [1.82, 2.24) is 5.32 Å². The van der Waals surface area contributed by atoms with Crippen LogP contribution >= 0.6 is 0 Å². The summed E-state index contributed by atoms with van der Waals surface area (Å²) in [7, 11) is 0. The third-order valence-corrected chi connectivity index (χ3v) is 8.45. The van der Waals surface area contributed by atoms with Crippen LogP contribution in [-0.4, -0.2) is 44.3 Å². The summed E-state index contributed by atoms with van der Waals surface area (Å²) in [6, 6.07) is 8.36. The smallest absolute Gasteiger partial charge is 0.160 e. The molecule has 0 saturated heterocycles. The lowest BCUT2D eigenvalue weighted by Crippen LogP contribution is -2.22. The van der Waals surface area contributed by atoms with Crippen molar-refractivity contribution in [1.29, 1.82) is 0 Å². The van der Waals surface area contributed by atoms with Gasteiger partial charge in [-0.25, -0.2) is 18.8 Å². The van der Waals surface area contributed by atoms with Gasteiger partial charge in [0, 0.05) is 23.4 Å². The molecule has 0 saturated carbocycles. The van der Waals surface area contributed by atoms with E-state index in [1.54, 1.807) is 18.2 Å². The van der Waals surface area contributed by atoms with E-state index in [-0.39, 0.29) is 16.7 Å². The zero-order valence-corrected chi connectivity index (χ0v) is 38.0. The van der Waals surface area contributed by atoms with Crippen LogP contribution in [-0.2, 0) is 5.41 Å². The second-order valence-corrected chi connectivity index (χ2v) is 15.5. The summed E-state index contributed by atoms with van der Waals surface area (Å²) < 4.78 is 25.0. The fourth-order valence-corrected chi connectivity index (χ4v) is 4.95. The Morgan fingerprint density at radius 2 is 1.52 bits per heavy atom.